The van der Waals surface area contributed by atoms with Gasteiger partial charge in [-0.05, 0) is 36.8 Å². The number of methoxy groups -OCH3 is 1. The number of piperazine rings is 1. The molecule has 1 aliphatic heterocycles. The van der Waals surface area contributed by atoms with Gasteiger partial charge in [0.1, 0.15) is 62.2 Å². The maximum atomic E-state index is 13.1. The molecule has 1 aliphatic rings. The third-order valence-electron chi connectivity index (χ3n) is 5.95. The van der Waals surface area contributed by atoms with Gasteiger partial charge in [0.25, 0.3) is 0 Å². The highest BCUT2D eigenvalue weighted by Crippen LogP contribution is 2.27. The third kappa shape index (κ3) is 4.35. The van der Waals surface area contributed by atoms with Crippen LogP contribution in [0.25, 0.3) is 22.1 Å². The first-order chi connectivity index (χ1) is 14.5. The Morgan fingerprint density at radius 3 is 2.40 bits per heavy atom. The molecular formula is C24H30N2O4+2. The summed E-state index contributed by atoms with van der Waals surface area (Å²) in [6.45, 7) is 8.28. The molecule has 6 heteroatoms. The Balaban J connectivity index is 1.51. The minimum absolute atomic E-state index is 0.0325. The van der Waals surface area contributed by atoms with E-state index in [0.29, 0.717) is 28.9 Å². The fourth-order valence-electron chi connectivity index (χ4n) is 4.06. The Morgan fingerprint density at radius 2 is 1.70 bits per heavy atom. The Morgan fingerprint density at radius 1 is 1.00 bits per heavy atom. The van der Waals surface area contributed by atoms with Gasteiger partial charge in [-0.15, -0.1) is 0 Å². The molecule has 1 saturated heterocycles. The number of benzene rings is 2. The number of likely N-dealkylation sites (N-methyl/N-ethyl adjacent to an activating group) is 1. The van der Waals surface area contributed by atoms with Crippen molar-refractivity contribution in [2.45, 2.75) is 6.92 Å². The lowest BCUT2D eigenvalue weighted by Crippen LogP contribution is -3.27. The van der Waals surface area contributed by atoms with E-state index in [2.05, 4.69) is 7.05 Å². The maximum absolute atomic E-state index is 13.1. The number of quaternary nitrogens is 2. The highest BCUT2D eigenvalue weighted by molar-refractivity contribution is 5.83. The molecule has 2 aromatic carbocycles. The Labute approximate surface area is 176 Å². The molecular weight excluding hydrogens is 380 g/mol. The molecule has 0 aliphatic carbocycles. The predicted octanol–water partition coefficient (Wildman–Crippen LogP) is 0.569. The molecule has 4 rings (SSSR count). The number of hydrogen-bond acceptors (Lipinski definition) is 4. The van der Waals surface area contributed by atoms with Crippen molar-refractivity contribution < 1.29 is 23.7 Å². The van der Waals surface area contributed by atoms with Crippen molar-refractivity contribution in [3.63, 3.8) is 0 Å². The van der Waals surface area contributed by atoms with Gasteiger partial charge in [0.2, 0.25) is 5.43 Å². The summed E-state index contributed by atoms with van der Waals surface area (Å²) in [5.74, 6) is 2.09. The zero-order chi connectivity index (χ0) is 21.1. The van der Waals surface area contributed by atoms with E-state index in [-0.39, 0.29) is 5.43 Å². The van der Waals surface area contributed by atoms with Crippen molar-refractivity contribution in [2.75, 3.05) is 53.5 Å². The molecule has 0 spiro atoms. The maximum Gasteiger partial charge on any atom is 0.200 e. The van der Waals surface area contributed by atoms with Crippen molar-refractivity contribution in [1.29, 1.82) is 0 Å². The van der Waals surface area contributed by atoms with Crippen LogP contribution in [0.4, 0.5) is 0 Å². The van der Waals surface area contributed by atoms with Crippen molar-refractivity contribution in [1.82, 2.24) is 0 Å². The molecule has 3 aromatic rings. The zero-order valence-electron chi connectivity index (χ0n) is 17.9. The minimum atomic E-state index is -0.0325. The average Bonchev–Trinajstić information content (AvgIpc) is 2.75. The first kappa shape index (κ1) is 20.4. The minimum Gasteiger partial charge on any atom is -0.497 e. The summed E-state index contributed by atoms with van der Waals surface area (Å²) >= 11 is 0. The standard InChI is InChI=1S/C24H28N2O4/c1-17-23(18-4-6-19(28-3)7-5-18)24(27)21-9-8-20(16-22(21)30-17)29-15-14-26-12-10-25(2)11-13-26/h4-9,16H,10-15H2,1-3H3/p+2. The summed E-state index contributed by atoms with van der Waals surface area (Å²) in [4.78, 5) is 16.3. The number of rotatable bonds is 6. The quantitative estimate of drug-likeness (QED) is 0.624. The fourth-order valence-corrected chi connectivity index (χ4v) is 4.06. The Bertz CT molecular complexity index is 1070. The van der Waals surface area contributed by atoms with E-state index >= 15 is 0 Å². The van der Waals surface area contributed by atoms with Gasteiger partial charge in [-0.25, -0.2) is 0 Å². The van der Waals surface area contributed by atoms with Crippen LogP contribution in [0.3, 0.4) is 0 Å². The number of aryl methyl sites for hydroxylation is 1. The number of ether oxygens (including phenoxy) is 2. The van der Waals surface area contributed by atoms with Crippen LogP contribution in [0.5, 0.6) is 11.5 Å². The lowest BCUT2D eigenvalue weighted by molar-refractivity contribution is -1.00. The van der Waals surface area contributed by atoms with Crippen LogP contribution >= 0.6 is 0 Å². The van der Waals surface area contributed by atoms with E-state index in [1.165, 1.54) is 26.2 Å². The van der Waals surface area contributed by atoms with Gasteiger partial charge in [-0.2, -0.15) is 0 Å². The smallest absolute Gasteiger partial charge is 0.200 e. The molecule has 2 N–H and O–H groups in total. The number of fused-ring (bicyclic) bond motifs is 1. The second-order valence-electron chi connectivity index (χ2n) is 8.05. The molecule has 0 unspecified atom stereocenters. The lowest BCUT2D eigenvalue weighted by atomic mass is 10.0. The van der Waals surface area contributed by atoms with Crippen molar-refractivity contribution in [3.05, 3.63) is 58.4 Å². The van der Waals surface area contributed by atoms with Crippen LogP contribution in [0.2, 0.25) is 0 Å². The van der Waals surface area contributed by atoms with E-state index in [1.807, 2.05) is 43.3 Å². The highest BCUT2D eigenvalue weighted by Gasteiger charge is 2.19. The van der Waals surface area contributed by atoms with Crippen molar-refractivity contribution in [2.24, 2.45) is 0 Å². The summed E-state index contributed by atoms with van der Waals surface area (Å²) in [6, 6.07) is 12.9. The molecule has 6 nitrogen and oxygen atoms in total. The molecule has 0 amide bonds. The van der Waals surface area contributed by atoms with Gasteiger partial charge in [0.05, 0.1) is 25.1 Å². The van der Waals surface area contributed by atoms with Crippen molar-refractivity contribution >= 4 is 11.0 Å². The van der Waals surface area contributed by atoms with Gasteiger partial charge in [-0.1, -0.05) is 12.1 Å². The fraction of sp³-hybridized carbons (Fsp3) is 0.375. The first-order valence-corrected chi connectivity index (χ1v) is 10.5. The average molecular weight is 411 g/mol. The molecule has 0 atom stereocenters. The summed E-state index contributed by atoms with van der Waals surface area (Å²) in [7, 11) is 3.87. The van der Waals surface area contributed by atoms with E-state index in [4.69, 9.17) is 13.9 Å². The van der Waals surface area contributed by atoms with E-state index in [9.17, 15) is 4.79 Å². The second-order valence-corrected chi connectivity index (χ2v) is 8.05. The Hall–Kier alpha value is -2.83. The monoisotopic (exact) mass is 410 g/mol. The lowest BCUT2D eigenvalue weighted by Gasteiger charge is -2.27. The molecule has 2 heterocycles. The number of nitrogens with one attached hydrogen (secondary N) is 2. The molecule has 0 bridgehead atoms. The molecule has 0 radical (unpaired) electrons. The van der Waals surface area contributed by atoms with Gasteiger partial charge < -0.3 is 23.7 Å². The zero-order valence-corrected chi connectivity index (χ0v) is 17.9. The Kier molecular flexibility index (Phi) is 6.06. The van der Waals surface area contributed by atoms with Crippen molar-refractivity contribution in [3.8, 4) is 22.6 Å². The van der Waals surface area contributed by atoms with E-state index < -0.39 is 0 Å². The molecule has 1 fully saturated rings. The van der Waals surface area contributed by atoms with Crippen LogP contribution in [-0.4, -0.2) is 53.5 Å². The first-order valence-electron chi connectivity index (χ1n) is 10.5. The summed E-state index contributed by atoms with van der Waals surface area (Å²) in [5.41, 5.74) is 1.93. The van der Waals surface area contributed by atoms with Gasteiger partial charge >= 0.3 is 0 Å². The highest BCUT2D eigenvalue weighted by atomic mass is 16.5. The number of hydrogen-bond donors (Lipinski definition) is 2. The summed E-state index contributed by atoms with van der Waals surface area (Å²) < 4.78 is 17.2. The predicted molar refractivity (Wildman–Crippen MR) is 117 cm³/mol. The van der Waals surface area contributed by atoms with Crippen LogP contribution in [0.15, 0.2) is 51.7 Å². The summed E-state index contributed by atoms with van der Waals surface area (Å²) in [5, 5.41) is 0.562. The molecule has 158 valence electrons. The van der Waals surface area contributed by atoms with Crippen LogP contribution in [-0.2, 0) is 0 Å². The third-order valence-corrected chi connectivity index (χ3v) is 5.95. The van der Waals surface area contributed by atoms with Gasteiger partial charge in [0, 0.05) is 6.07 Å². The molecule has 30 heavy (non-hydrogen) atoms. The molecule has 1 aromatic heterocycles. The topological polar surface area (TPSA) is 57.5 Å². The van der Waals surface area contributed by atoms with Crippen LogP contribution in [0, 0.1) is 6.92 Å². The largest absolute Gasteiger partial charge is 0.497 e. The molecule has 0 saturated carbocycles. The van der Waals surface area contributed by atoms with Crippen LogP contribution < -0.4 is 24.7 Å². The van der Waals surface area contributed by atoms with E-state index in [0.717, 1.165) is 23.6 Å². The van der Waals surface area contributed by atoms with Gasteiger partial charge in [0.15, 0.2) is 0 Å². The summed E-state index contributed by atoms with van der Waals surface area (Å²) in [6.07, 6.45) is 0. The normalized spacial score (nSPS) is 19.0. The van der Waals surface area contributed by atoms with Gasteiger partial charge in [-0.3, -0.25) is 4.79 Å². The van der Waals surface area contributed by atoms with Crippen LogP contribution in [0.1, 0.15) is 5.76 Å². The van der Waals surface area contributed by atoms with E-state index in [1.54, 1.807) is 23.0 Å². The SMILES string of the molecule is COc1ccc(-c2c(C)oc3cc(OCC[NH+]4CC[NH+](C)CC4)ccc3c2=O)cc1. The second kappa shape index (κ2) is 8.90.